The van der Waals surface area contributed by atoms with Crippen LogP contribution in [0.4, 0.5) is 0 Å². The first-order valence-electron chi connectivity index (χ1n) is 5.93. The summed E-state index contributed by atoms with van der Waals surface area (Å²) in [6.07, 6.45) is 0.0394. The summed E-state index contributed by atoms with van der Waals surface area (Å²) in [4.78, 5) is 12.2. The largest absolute Gasteiger partial charge is 0.378 e. The summed E-state index contributed by atoms with van der Waals surface area (Å²) in [7, 11) is 1.67. The first-order chi connectivity index (χ1) is 8.63. The number of methoxy groups -OCH3 is 1. The molecular formula is C13H17BrN2O2. The summed E-state index contributed by atoms with van der Waals surface area (Å²) in [6.45, 7) is 3.49. The van der Waals surface area contributed by atoms with Crippen LogP contribution in [0.25, 0.3) is 0 Å². The molecule has 4 nitrogen and oxygen atoms in total. The Morgan fingerprint density at radius 2 is 2.28 bits per heavy atom. The van der Waals surface area contributed by atoms with Gasteiger partial charge in [0.05, 0.1) is 17.7 Å². The molecule has 0 spiro atoms. The Hall–Kier alpha value is -0.910. The minimum atomic E-state index is -0.0682. The second kappa shape index (κ2) is 5.82. The van der Waals surface area contributed by atoms with Crippen molar-refractivity contribution in [2.45, 2.75) is 19.1 Å². The maximum absolute atomic E-state index is 12.2. The molecule has 1 unspecified atom stereocenters. The van der Waals surface area contributed by atoms with Gasteiger partial charge in [0.15, 0.2) is 0 Å². The lowest BCUT2D eigenvalue weighted by atomic mass is 10.1. The fourth-order valence-electron chi connectivity index (χ4n) is 2.12. The molecular weight excluding hydrogens is 296 g/mol. The minimum absolute atomic E-state index is 0.0231. The fraction of sp³-hybridized carbons (Fsp3) is 0.462. The Morgan fingerprint density at radius 1 is 1.50 bits per heavy atom. The van der Waals surface area contributed by atoms with E-state index in [4.69, 9.17) is 4.74 Å². The Labute approximate surface area is 115 Å². The van der Waals surface area contributed by atoms with Gasteiger partial charge in [0.25, 0.3) is 5.91 Å². The van der Waals surface area contributed by atoms with Gasteiger partial charge in [-0.15, -0.1) is 0 Å². The number of carbonyl (C=O) groups is 1. The van der Waals surface area contributed by atoms with Crippen LogP contribution in [-0.4, -0.2) is 38.3 Å². The van der Waals surface area contributed by atoms with Crippen molar-refractivity contribution in [1.82, 2.24) is 10.6 Å². The smallest absolute Gasteiger partial charge is 0.252 e. The average molecular weight is 313 g/mol. The van der Waals surface area contributed by atoms with E-state index in [1.165, 1.54) is 0 Å². The lowest BCUT2D eigenvalue weighted by Crippen LogP contribution is -2.43. The molecule has 1 saturated heterocycles. The number of benzene rings is 1. The Bertz CT molecular complexity index is 451. The molecule has 1 heterocycles. The summed E-state index contributed by atoms with van der Waals surface area (Å²) in [5.74, 6) is -0.0682. The Morgan fingerprint density at radius 3 is 3.00 bits per heavy atom. The van der Waals surface area contributed by atoms with Crippen molar-refractivity contribution in [3.8, 4) is 0 Å². The molecule has 0 saturated carbocycles. The molecule has 1 amide bonds. The van der Waals surface area contributed by atoms with E-state index < -0.39 is 0 Å². The topological polar surface area (TPSA) is 50.4 Å². The molecule has 1 aromatic rings. The summed E-state index contributed by atoms with van der Waals surface area (Å²) in [5.41, 5.74) is 1.72. The van der Waals surface area contributed by atoms with Gasteiger partial charge >= 0.3 is 0 Å². The first kappa shape index (κ1) is 13.5. The standard InChI is InChI=1S/C13H17BrN2O2/c1-8-4-3-5-9(12(8)14)13(17)16-10-6-15-7-11(10)18-2/h3-5,10-11,15H,6-7H2,1-2H3,(H,16,17)/t10?,11-/m0/s1. The molecule has 18 heavy (non-hydrogen) atoms. The molecule has 1 aromatic carbocycles. The van der Waals surface area contributed by atoms with Crippen molar-refractivity contribution >= 4 is 21.8 Å². The van der Waals surface area contributed by atoms with Gasteiger partial charge in [0.2, 0.25) is 0 Å². The second-order valence-corrected chi connectivity index (χ2v) is 5.24. The third-order valence-corrected chi connectivity index (χ3v) is 4.27. The molecule has 1 aliphatic heterocycles. The van der Waals surface area contributed by atoms with E-state index in [1.807, 2.05) is 25.1 Å². The normalized spacial score (nSPS) is 23.1. The van der Waals surface area contributed by atoms with Crippen LogP contribution in [0.2, 0.25) is 0 Å². The van der Waals surface area contributed by atoms with Crippen LogP contribution < -0.4 is 10.6 Å². The Balaban J connectivity index is 2.10. The van der Waals surface area contributed by atoms with Crippen molar-refractivity contribution in [2.75, 3.05) is 20.2 Å². The van der Waals surface area contributed by atoms with Gasteiger partial charge in [-0.3, -0.25) is 4.79 Å². The molecule has 2 atom stereocenters. The molecule has 98 valence electrons. The number of hydrogen-bond donors (Lipinski definition) is 2. The van der Waals surface area contributed by atoms with Crippen molar-refractivity contribution in [1.29, 1.82) is 0 Å². The maximum Gasteiger partial charge on any atom is 0.252 e. The molecule has 2 N–H and O–H groups in total. The van der Waals surface area contributed by atoms with Gasteiger partial charge in [0.1, 0.15) is 0 Å². The van der Waals surface area contributed by atoms with E-state index in [-0.39, 0.29) is 18.1 Å². The summed E-state index contributed by atoms with van der Waals surface area (Å²) in [5, 5.41) is 6.21. The third kappa shape index (κ3) is 2.74. The van der Waals surface area contributed by atoms with Gasteiger partial charge in [-0.1, -0.05) is 12.1 Å². The average Bonchev–Trinajstić information content (AvgIpc) is 2.79. The van der Waals surface area contributed by atoms with Gasteiger partial charge < -0.3 is 15.4 Å². The number of amides is 1. The van der Waals surface area contributed by atoms with E-state index in [9.17, 15) is 4.79 Å². The van der Waals surface area contributed by atoms with Crippen LogP contribution in [0.3, 0.4) is 0 Å². The van der Waals surface area contributed by atoms with E-state index in [1.54, 1.807) is 7.11 Å². The zero-order valence-corrected chi connectivity index (χ0v) is 12.1. The highest BCUT2D eigenvalue weighted by Crippen LogP contribution is 2.21. The van der Waals surface area contributed by atoms with Crippen molar-refractivity contribution in [3.63, 3.8) is 0 Å². The minimum Gasteiger partial charge on any atom is -0.378 e. The van der Waals surface area contributed by atoms with Crippen molar-refractivity contribution in [3.05, 3.63) is 33.8 Å². The van der Waals surface area contributed by atoms with Crippen LogP contribution in [0.5, 0.6) is 0 Å². The third-order valence-electron chi connectivity index (χ3n) is 3.21. The fourth-order valence-corrected chi connectivity index (χ4v) is 2.56. The molecule has 0 radical (unpaired) electrons. The summed E-state index contributed by atoms with van der Waals surface area (Å²) < 4.78 is 6.17. The van der Waals surface area contributed by atoms with Crippen molar-refractivity contribution in [2.24, 2.45) is 0 Å². The highest BCUT2D eigenvalue weighted by atomic mass is 79.9. The number of rotatable bonds is 3. The number of hydrogen-bond acceptors (Lipinski definition) is 3. The number of halogens is 1. The Kier molecular flexibility index (Phi) is 4.37. The second-order valence-electron chi connectivity index (χ2n) is 4.45. The van der Waals surface area contributed by atoms with Crippen LogP contribution in [-0.2, 0) is 4.74 Å². The number of ether oxygens (including phenoxy) is 1. The molecule has 0 aliphatic carbocycles. The molecule has 0 aromatic heterocycles. The van der Waals surface area contributed by atoms with Crippen LogP contribution in [0.1, 0.15) is 15.9 Å². The highest BCUT2D eigenvalue weighted by Gasteiger charge is 2.28. The number of carbonyl (C=O) groups excluding carboxylic acids is 1. The maximum atomic E-state index is 12.2. The number of aryl methyl sites for hydroxylation is 1. The van der Waals surface area contributed by atoms with E-state index in [2.05, 4.69) is 26.6 Å². The lowest BCUT2D eigenvalue weighted by molar-refractivity contribution is 0.0779. The SMILES string of the molecule is CO[C@H]1CNCC1NC(=O)c1cccc(C)c1Br. The molecule has 2 rings (SSSR count). The zero-order valence-electron chi connectivity index (χ0n) is 10.5. The quantitative estimate of drug-likeness (QED) is 0.889. The van der Waals surface area contributed by atoms with E-state index in [0.29, 0.717) is 5.56 Å². The first-order valence-corrected chi connectivity index (χ1v) is 6.72. The molecule has 1 aliphatic rings. The molecule has 1 fully saturated rings. The highest BCUT2D eigenvalue weighted by molar-refractivity contribution is 9.10. The van der Waals surface area contributed by atoms with Crippen LogP contribution >= 0.6 is 15.9 Å². The van der Waals surface area contributed by atoms with Gasteiger partial charge in [-0.2, -0.15) is 0 Å². The zero-order chi connectivity index (χ0) is 13.1. The van der Waals surface area contributed by atoms with E-state index in [0.717, 1.165) is 23.1 Å². The number of nitrogens with one attached hydrogen (secondary N) is 2. The van der Waals surface area contributed by atoms with Crippen LogP contribution in [0, 0.1) is 6.92 Å². The van der Waals surface area contributed by atoms with Crippen molar-refractivity contribution < 1.29 is 9.53 Å². The predicted octanol–water partition coefficient (Wildman–Crippen LogP) is 1.47. The lowest BCUT2D eigenvalue weighted by Gasteiger charge is -2.19. The molecule has 0 bridgehead atoms. The van der Waals surface area contributed by atoms with Gasteiger partial charge in [-0.05, 0) is 34.5 Å². The molecule has 5 heteroatoms. The van der Waals surface area contributed by atoms with Gasteiger partial charge in [-0.25, -0.2) is 0 Å². The van der Waals surface area contributed by atoms with Gasteiger partial charge in [0, 0.05) is 24.7 Å². The van der Waals surface area contributed by atoms with E-state index >= 15 is 0 Å². The summed E-state index contributed by atoms with van der Waals surface area (Å²) in [6, 6.07) is 5.69. The monoisotopic (exact) mass is 312 g/mol. The summed E-state index contributed by atoms with van der Waals surface area (Å²) >= 11 is 3.45. The van der Waals surface area contributed by atoms with Crippen LogP contribution in [0.15, 0.2) is 22.7 Å². The predicted molar refractivity (Wildman–Crippen MR) is 73.8 cm³/mol.